The van der Waals surface area contributed by atoms with Crippen molar-refractivity contribution >= 4 is 17.6 Å². The van der Waals surface area contributed by atoms with Gasteiger partial charge in [0.1, 0.15) is 12.3 Å². The number of amides is 2. The van der Waals surface area contributed by atoms with Gasteiger partial charge in [-0.15, -0.1) is 10.2 Å². The number of benzene rings is 1. The molecule has 2 amide bonds. The Kier molecular flexibility index (Phi) is 6.34. The molecule has 31 heavy (non-hydrogen) atoms. The number of hydrogen-bond donors (Lipinski definition) is 0. The summed E-state index contributed by atoms with van der Waals surface area (Å²) in [6.07, 6.45) is 2.47. The third-order valence-corrected chi connectivity index (χ3v) is 5.89. The number of methoxy groups -OCH3 is 1. The van der Waals surface area contributed by atoms with Crippen LogP contribution >= 0.6 is 0 Å². The fourth-order valence-corrected chi connectivity index (χ4v) is 3.87. The highest BCUT2D eigenvalue weighted by molar-refractivity contribution is 5.85. The molecule has 0 N–H and O–H groups in total. The molecule has 2 aliphatic rings. The summed E-state index contributed by atoms with van der Waals surface area (Å²) in [4.78, 5) is 30.6. The lowest BCUT2D eigenvalue weighted by Gasteiger charge is -2.36. The third kappa shape index (κ3) is 4.95. The average molecular weight is 424 g/mol. The number of nitrogens with zero attached hydrogens (tertiary/aromatic N) is 5. The second-order valence-electron chi connectivity index (χ2n) is 7.98. The first-order valence-electron chi connectivity index (χ1n) is 10.9. The van der Waals surface area contributed by atoms with Crippen LogP contribution in [0.15, 0.2) is 36.4 Å². The standard InChI is InChI=1S/C23H29N5O3/c1-3-22(29)28(18-7-8-18)16-23(30)27-13-11-26(12-14-27)21-10-9-20(24-25-21)17-5-4-6-19(15-17)31-2/h4-6,9-10,15,18H,3,7-8,11-14,16H2,1-2H3. The van der Waals surface area contributed by atoms with E-state index in [1.165, 1.54) is 0 Å². The molecule has 0 atom stereocenters. The maximum absolute atomic E-state index is 12.7. The molecule has 1 saturated heterocycles. The van der Waals surface area contributed by atoms with E-state index in [2.05, 4.69) is 15.1 Å². The van der Waals surface area contributed by atoms with Crippen molar-refractivity contribution in [3.63, 3.8) is 0 Å². The molecule has 2 aromatic rings. The summed E-state index contributed by atoms with van der Waals surface area (Å²) in [5, 5.41) is 8.77. The van der Waals surface area contributed by atoms with Crippen LogP contribution in [0, 0.1) is 0 Å². The Morgan fingerprint density at radius 3 is 2.48 bits per heavy atom. The molecule has 0 spiro atoms. The largest absolute Gasteiger partial charge is 0.497 e. The molecule has 2 fully saturated rings. The summed E-state index contributed by atoms with van der Waals surface area (Å²) in [5.41, 5.74) is 1.74. The zero-order valence-corrected chi connectivity index (χ0v) is 18.2. The maximum atomic E-state index is 12.7. The van der Waals surface area contributed by atoms with Gasteiger partial charge in [0.15, 0.2) is 5.82 Å². The van der Waals surface area contributed by atoms with Crippen molar-refractivity contribution in [1.82, 2.24) is 20.0 Å². The highest BCUT2D eigenvalue weighted by Gasteiger charge is 2.34. The van der Waals surface area contributed by atoms with E-state index in [1.807, 2.05) is 48.2 Å². The van der Waals surface area contributed by atoms with E-state index < -0.39 is 0 Å². The van der Waals surface area contributed by atoms with Gasteiger partial charge >= 0.3 is 0 Å². The van der Waals surface area contributed by atoms with Gasteiger partial charge in [-0.05, 0) is 37.1 Å². The van der Waals surface area contributed by atoms with Crippen LogP contribution in [0.1, 0.15) is 26.2 Å². The quantitative estimate of drug-likeness (QED) is 0.679. The summed E-state index contributed by atoms with van der Waals surface area (Å²) in [7, 11) is 1.64. The smallest absolute Gasteiger partial charge is 0.242 e. The molecule has 1 aromatic carbocycles. The predicted octanol–water partition coefficient (Wildman–Crippen LogP) is 2.20. The monoisotopic (exact) mass is 423 g/mol. The number of piperazine rings is 1. The van der Waals surface area contributed by atoms with Gasteiger partial charge in [-0.1, -0.05) is 19.1 Å². The van der Waals surface area contributed by atoms with Crippen LogP contribution in [0.3, 0.4) is 0 Å². The van der Waals surface area contributed by atoms with Gasteiger partial charge in [-0.25, -0.2) is 0 Å². The molecular weight excluding hydrogens is 394 g/mol. The van der Waals surface area contributed by atoms with Crippen molar-refractivity contribution in [3.8, 4) is 17.0 Å². The molecule has 1 aliphatic heterocycles. The van der Waals surface area contributed by atoms with Gasteiger partial charge in [0.25, 0.3) is 0 Å². The molecule has 1 saturated carbocycles. The molecule has 1 aliphatic carbocycles. The molecule has 8 nitrogen and oxygen atoms in total. The van der Waals surface area contributed by atoms with E-state index in [4.69, 9.17) is 4.74 Å². The molecule has 0 bridgehead atoms. The van der Waals surface area contributed by atoms with Gasteiger partial charge in [0.05, 0.1) is 12.8 Å². The highest BCUT2D eigenvalue weighted by Crippen LogP contribution is 2.27. The van der Waals surface area contributed by atoms with Crippen molar-refractivity contribution in [2.24, 2.45) is 0 Å². The number of carbonyl (C=O) groups excluding carboxylic acids is 2. The molecule has 0 radical (unpaired) electrons. The fourth-order valence-electron chi connectivity index (χ4n) is 3.87. The van der Waals surface area contributed by atoms with Crippen LogP contribution in [0.2, 0.25) is 0 Å². The Bertz CT molecular complexity index is 921. The van der Waals surface area contributed by atoms with E-state index in [-0.39, 0.29) is 24.4 Å². The number of rotatable bonds is 7. The van der Waals surface area contributed by atoms with Crippen molar-refractivity contribution in [3.05, 3.63) is 36.4 Å². The fraction of sp³-hybridized carbons (Fsp3) is 0.478. The number of hydrogen-bond acceptors (Lipinski definition) is 6. The second-order valence-corrected chi connectivity index (χ2v) is 7.98. The lowest BCUT2D eigenvalue weighted by atomic mass is 10.1. The van der Waals surface area contributed by atoms with Gasteiger partial charge in [-0.2, -0.15) is 0 Å². The normalized spacial score (nSPS) is 16.2. The van der Waals surface area contributed by atoms with Gasteiger partial charge in [-0.3, -0.25) is 9.59 Å². The Morgan fingerprint density at radius 2 is 1.87 bits per heavy atom. The summed E-state index contributed by atoms with van der Waals surface area (Å²) < 4.78 is 5.27. The van der Waals surface area contributed by atoms with Crippen LogP contribution in [-0.2, 0) is 9.59 Å². The third-order valence-electron chi connectivity index (χ3n) is 5.89. The summed E-state index contributed by atoms with van der Waals surface area (Å²) >= 11 is 0. The molecular formula is C23H29N5O3. The SMILES string of the molecule is CCC(=O)N(CC(=O)N1CCN(c2ccc(-c3cccc(OC)c3)nn2)CC1)C1CC1. The molecule has 2 heterocycles. The summed E-state index contributed by atoms with van der Waals surface area (Å²) in [5.74, 6) is 1.69. The first-order valence-corrected chi connectivity index (χ1v) is 10.9. The molecule has 0 unspecified atom stereocenters. The average Bonchev–Trinajstić information content (AvgIpc) is 3.67. The van der Waals surface area contributed by atoms with Crippen LogP contribution in [-0.4, -0.2) is 77.7 Å². The lowest BCUT2D eigenvalue weighted by molar-refractivity contribution is -0.141. The first kappa shape index (κ1) is 21.1. The minimum absolute atomic E-state index is 0.0350. The van der Waals surface area contributed by atoms with Gasteiger partial charge in [0.2, 0.25) is 11.8 Å². The summed E-state index contributed by atoms with van der Waals surface area (Å²) in [6.45, 7) is 4.69. The molecule has 1 aromatic heterocycles. The maximum Gasteiger partial charge on any atom is 0.242 e. The summed E-state index contributed by atoms with van der Waals surface area (Å²) in [6, 6.07) is 11.9. The minimum Gasteiger partial charge on any atom is -0.497 e. The van der Waals surface area contributed by atoms with Crippen molar-refractivity contribution in [2.45, 2.75) is 32.2 Å². The van der Waals surface area contributed by atoms with E-state index in [0.717, 1.165) is 35.7 Å². The Hall–Kier alpha value is -3.16. The molecule has 4 rings (SSSR count). The van der Waals surface area contributed by atoms with Gasteiger partial charge < -0.3 is 19.4 Å². The zero-order chi connectivity index (χ0) is 21.8. The van der Waals surface area contributed by atoms with Crippen LogP contribution in [0.25, 0.3) is 11.3 Å². The van der Waals surface area contributed by atoms with Crippen molar-refractivity contribution < 1.29 is 14.3 Å². The second kappa shape index (κ2) is 9.32. The topological polar surface area (TPSA) is 78.9 Å². The van der Waals surface area contributed by atoms with E-state index in [9.17, 15) is 9.59 Å². The number of carbonyl (C=O) groups is 2. The lowest BCUT2D eigenvalue weighted by Crippen LogP contribution is -2.52. The first-order chi connectivity index (χ1) is 15.1. The van der Waals surface area contributed by atoms with E-state index in [1.54, 1.807) is 12.0 Å². The minimum atomic E-state index is 0.0350. The van der Waals surface area contributed by atoms with Gasteiger partial charge in [0, 0.05) is 44.2 Å². The van der Waals surface area contributed by atoms with Crippen molar-refractivity contribution in [1.29, 1.82) is 0 Å². The van der Waals surface area contributed by atoms with Crippen molar-refractivity contribution in [2.75, 3.05) is 44.7 Å². The Balaban J connectivity index is 1.33. The van der Waals surface area contributed by atoms with E-state index in [0.29, 0.717) is 32.6 Å². The Morgan fingerprint density at radius 1 is 1.10 bits per heavy atom. The zero-order valence-electron chi connectivity index (χ0n) is 18.2. The molecule has 164 valence electrons. The van der Waals surface area contributed by atoms with E-state index >= 15 is 0 Å². The number of anilines is 1. The number of ether oxygens (including phenoxy) is 1. The van der Waals surface area contributed by atoms with Crippen LogP contribution in [0.5, 0.6) is 5.75 Å². The molecule has 8 heteroatoms. The van der Waals surface area contributed by atoms with Crippen LogP contribution in [0.4, 0.5) is 5.82 Å². The highest BCUT2D eigenvalue weighted by atomic mass is 16.5. The predicted molar refractivity (Wildman–Crippen MR) is 118 cm³/mol. The van der Waals surface area contributed by atoms with Crippen LogP contribution < -0.4 is 9.64 Å². The number of aromatic nitrogens is 2. The Labute approximate surface area is 182 Å².